The number of nitrogens with one attached hydrogen (secondary N) is 1. The molecule has 1 amide bonds. The van der Waals surface area contributed by atoms with Crippen molar-refractivity contribution in [1.29, 1.82) is 0 Å². The van der Waals surface area contributed by atoms with Gasteiger partial charge in [-0.05, 0) is 42.9 Å². The summed E-state index contributed by atoms with van der Waals surface area (Å²) in [7, 11) is 1.48. The van der Waals surface area contributed by atoms with Crippen LogP contribution in [0.25, 0.3) is 6.08 Å². The number of methoxy groups -OCH3 is 1. The van der Waals surface area contributed by atoms with E-state index in [1.165, 1.54) is 18.1 Å². The number of phenolic OH excluding ortho intramolecular Hbond substituents is 1. The molecule has 1 aromatic rings. The molecule has 2 rings (SSSR count). The molecule has 6 heteroatoms. The van der Waals surface area contributed by atoms with Gasteiger partial charge in [-0.1, -0.05) is 6.07 Å². The summed E-state index contributed by atoms with van der Waals surface area (Å²) in [6.45, 7) is 2.38. The van der Waals surface area contributed by atoms with E-state index >= 15 is 0 Å². The van der Waals surface area contributed by atoms with Crippen LogP contribution >= 0.6 is 12.2 Å². The van der Waals surface area contributed by atoms with Gasteiger partial charge in [0.05, 0.1) is 7.11 Å². The lowest BCUT2D eigenvalue weighted by molar-refractivity contribution is -0.122. The Kier molecular flexibility index (Phi) is 3.71. The van der Waals surface area contributed by atoms with Crippen molar-refractivity contribution in [3.05, 3.63) is 29.5 Å². The summed E-state index contributed by atoms with van der Waals surface area (Å²) in [4.78, 5) is 13.5. The minimum Gasteiger partial charge on any atom is -0.504 e. The quantitative estimate of drug-likeness (QED) is 0.648. The molecule has 19 heavy (non-hydrogen) atoms. The molecule has 5 nitrogen and oxygen atoms in total. The lowest BCUT2D eigenvalue weighted by atomic mass is 10.1. The molecule has 0 radical (unpaired) electrons. The van der Waals surface area contributed by atoms with Gasteiger partial charge in [-0.2, -0.15) is 0 Å². The number of benzene rings is 1. The lowest BCUT2D eigenvalue weighted by Crippen LogP contribution is -2.30. The zero-order chi connectivity index (χ0) is 14.0. The number of nitrogens with zero attached hydrogens (tertiary/aromatic N) is 1. The van der Waals surface area contributed by atoms with E-state index < -0.39 is 0 Å². The van der Waals surface area contributed by atoms with Gasteiger partial charge in [0, 0.05) is 6.54 Å². The number of thiocarbonyl (C=S) groups is 1. The Labute approximate surface area is 116 Å². The van der Waals surface area contributed by atoms with Crippen molar-refractivity contribution in [3.63, 3.8) is 0 Å². The predicted molar refractivity (Wildman–Crippen MR) is 75.8 cm³/mol. The first-order chi connectivity index (χ1) is 9.06. The summed E-state index contributed by atoms with van der Waals surface area (Å²) >= 11 is 5.06. The third-order valence-corrected chi connectivity index (χ3v) is 3.11. The number of carbonyl (C=O) groups is 1. The summed E-state index contributed by atoms with van der Waals surface area (Å²) in [6, 6.07) is 4.91. The van der Waals surface area contributed by atoms with Crippen molar-refractivity contribution < 1.29 is 14.6 Å². The smallest absolute Gasteiger partial charge is 0.276 e. The lowest BCUT2D eigenvalue weighted by Gasteiger charge is -2.08. The van der Waals surface area contributed by atoms with Crippen molar-refractivity contribution in [3.8, 4) is 11.5 Å². The molecule has 0 unspecified atom stereocenters. The van der Waals surface area contributed by atoms with Crippen LogP contribution in [0.4, 0.5) is 0 Å². The van der Waals surface area contributed by atoms with E-state index in [1.54, 1.807) is 18.2 Å². The van der Waals surface area contributed by atoms with Crippen molar-refractivity contribution in [2.45, 2.75) is 6.92 Å². The maximum atomic E-state index is 12.0. The Balaban J connectivity index is 2.30. The van der Waals surface area contributed by atoms with Gasteiger partial charge in [-0.3, -0.25) is 9.69 Å². The summed E-state index contributed by atoms with van der Waals surface area (Å²) < 4.78 is 4.96. The predicted octanol–water partition coefficient (Wildman–Crippen LogP) is 1.48. The Hall–Kier alpha value is -2.08. The number of amides is 1. The van der Waals surface area contributed by atoms with Crippen LogP contribution in [0.5, 0.6) is 11.5 Å². The van der Waals surface area contributed by atoms with E-state index in [1.807, 2.05) is 6.92 Å². The highest BCUT2D eigenvalue weighted by Gasteiger charge is 2.28. The van der Waals surface area contributed by atoms with Crippen LogP contribution < -0.4 is 10.1 Å². The maximum absolute atomic E-state index is 12.0. The first-order valence-corrected chi connectivity index (χ1v) is 6.19. The number of phenols is 1. The number of aromatic hydroxyl groups is 1. The third kappa shape index (κ3) is 2.53. The summed E-state index contributed by atoms with van der Waals surface area (Å²) in [5, 5.41) is 12.9. The Morgan fingerprint density at radius 3 is 2.79 bits per heavy atom. The third-order valence-electron chi connectivity index (χ3n) is 2.79. The van der Waals surface area contributed by atoms with Crippen molar-refractivity contribution in [1.82, 2.24) is 10.2 Å². The molecule has 1 aromatic carbocycles. The normalized spacial score (nSPS) is 16.9. The van der Waals surface area contributed by atoms with Crippen LogP contribution in [0.2, 0.25) is 0 Å². The van der Waals surface area contributed by atoms with Gasteiger partial charge in [-0.25, -0.2) is 0 Å². The molecule has 100 valence electrons. The maximum Gasteiger partial charge on any atom is 0.276 e. The van der Waals surface area contributed by atoms with Gasteiger partial charge in [0.2, 0.25) is 0 Å². The molecule has 0 saturated carbocycles. The van der Waals surface area contributed by atoms with E-state index in [0.29, 0.717) is 28.7 Å². The highest BCUT2D eigenvalue weighted by atomic mass is 32.1. The molecule has 1 heterocycles. The average molecular weight is 278 g/mol. The molecular formula is C13H14N2O3S. The van der Waals surface area contributed by atoms with E-state index in [-0.39, 0.29) is 11.7 Å². The molecule has 0 spiro atoms. The number of ether oxygens (including phenoxy) is 1. The monoisotopic (exact) mass is 278 g/mol. The number of hydrogen-bond acceptors (Lipinski definition) is 4. The molecule has 1 aliphatic rings. The molecule has 0 aliphatic carbocycles. The van der Waals surface area contributed by atoms with Crippen LogP contribution in [0.3, 0.4) is 0 Å². The second-order valence-electron chi connectivity index (χ2n) is 3.97. The zero-order valence-electron chi connectivity index (χ0n) is 10.6. The standard InChI is InChI=1S/C13H14N2O3S/c1-3-15-12(17)9(14-13(15)19)6-8-4-5-11(18-2)10(16)7-8/h4-7,16H,3H2,1-2H3,(H,14,19)/b9-6+. The minimum atomic E-state index is -0.164. The second-order valence-corrected chi connectivity index (χ2v) is 4.36. The van der Waals surface area contributed by atoms with Gasteiger partial charge in [0.1, 0.15) is 5.70 Å². The fourth-order valence-corrected chi connectivity index (χ4v) is 2.14. The SMILES string of the molecule is CCN1C(=O)/C(=C\c2ccc(OC)c(O)c2)NC1=S. The Morgan fingerprint density at radius 2 is 2.26 bits per heavy atom. The van der Waals surface area contributed by atoms with Crippen molar-refractivity contribution in [2.75, 3.05) is 13.7 Å². The fourth-order valence-electron chi connectivity index (χ4n) is 1.82. The molecular weight excluding hydrogens is 264 g/mol. The van der Waals surface area contributed by atoms with Gasteiger partial charge in [0.25, 0.3) is 5.91 Å². The summed E-state index contributed by atoms with van der Waals surface area (Å²) in [5.41, 5.74) is 1.09. The fraction of sp³-hybridized carbons (Fsp3) is 0.231. The van der Waals surface area contributed by atoms with Crippen molar-refractivity contribution >= 4 is 29.3 Å². The van der Waals surface area contributed by atoms with E-state index in [2.05, 4.69) is 5.32 Å². The first kappa shape index (κ1) is 13.4. The van der Waals surface area contributed by atoms with Crippen LogP contribution in [0, 0.1) is 0 Å². The molecule has 0 aromatic heterocycles. The van der Waals surface area contributed by atoms with Crippen LogP contribution in [0.1, 0.15) is 12.5 Å². The van der Waals surface area contributed by atoms with Gasteiger partial charge < -0.3 is 15.2 Å². The molecule has 0 bridgehead atoms. The summed E-state index contributed by atoms with van der Waals surface area (Å²) in [6.07, 6.45) is 1.64. The number of rotatable bonds is 3. The van der Waals surface area contributed by atoms with E-state index in [9.17, 15) is 9.90 Å². The zero-order valence-corrected chi connectivity index (χ0v) is 11.5. The van der Waals surface area contributed by atoms with Crippen LogP contribution in [-0.2, 0) is 4.79 Å². The average Bonchev–Trinajstić information content (AvgIpc) is 2.64. The number of carbonyl (C=O) groups excluding carboxylic acids is 1. The molecule has 1 saturated heterocycles. The van der Waals surface area contributed by atoms with Gasteiger partial charge in [-0.15, -0.1) is 0 Å². The topological polar surface area (TPSA) is 61.8 Å². The van der Waals surface area contributed by atoms with Gasteiger partial charge in [0.15, 0.2) is 16.6 Å². The van der Waals surface area contributed by atoms with Crippen molar-refractivity contribution in [2.24, 2.45) is 0 Å². The second kappa shape index (κ2) is 5.27. The largest absolute Gasteiger partial charge is 0.504 e. The number of hydrogen-bond donors (Lipinski definition) is 2. The molecule has 2 N–H and O–H groups in total. The highest BCUT2D eigenvalue weighted by Crippen LogP contribution is 2.27. The van der Waals surface area contributed by atoms with E-state index in [4.69, 9.17) is 17.0 Å². The van der Waals surface area contributed by atoms with Gasteiger partial charge >= 0.3 is 0 Å². The van der Waals surface area contributed by atoms with Crippen LogP contribution in [0.15, 0.2) is 23.9 Å². The van der Waals surface area contributed by atoms with E-state index in [0.717, 1.165) is 0 Å². The Bertz CT molecular complexity index is 569. The molecule has 0 atom stereocenters. The van der Waals surface area contributed by atoms with Crippen LogP contribution in [-0.4, -0.2) is 34.7 Å². The summed E-state index contributed by atoms with van der Waals surface area (Å²) in [5.74, 6) is 0.249. The molecule has 1 fully saturated rings. The number of likely N-dealkylation sites (N-methyl/N-ethyl adjacent to an activating group) is 1. The molecule has 1 aliphatic heterocycles. The minimum absolute atomic E-state index is 0.0252. The first-order valence-electron chi connectivity index (χ1n) is 5.78. The Morgan fingerprint density at radius 1 is 1.53 bits per heavy atom. The highest BCUT2D eigenvalue weighted by molar-refractivity contribution is 7.80.